The van der Waals surface area contributed by atoms with Gasteiger partial charge in [0.25, 0.3) is 5.91 Å². The number of carbonyl (C=O) groups is 2. The van der Waals surface area contributed by atoms with E-state index in [-0.39, 0.29) is 41.2 Å². The molecular weight excluding hydrogens is 694 g/mol. The molecule has 3 aromatic carbocycles. The maximum atomic E-state index is 13.6. The average Bonchev–Trinajstić information content (AvgIpc) is 3.01. The Labute approximate surface area is 276 Å². The number of hydrogen-bond donors (Lipinski definition) is 3. The SMILES string of the molecule is O=C(O)CCNC(=O)c1ccc(CN(/C(=N\CC(F)(F)F)Nc2cc(Br)cc(C(F)(F)F)c2)c2ccc(C3CCCCC3)cc2)cc1. The minimum atomic E-state index is -4.71. The second-order valence-corrected chi connectivity index (χ2v) is 12.1. The molecule has 0 radical (unpaired) electrons. The molecule has 1 saturated carbocycles. The Morgan fingerprint density at radius 1 is 0.915 bits per heavy atom. The van der Waals surface area contributed by atoms with E-state index < -0.39 is 36.3 Å². The van der Waals surface area contributed by atoms with Gasteiger partial charge in [-0.25, -0.2) is 4.99 Å². The first kappa shape index (κ1) is 35.8. The summed E-state index contributed by atoms with van der Waals surface area (Å²) in [5.41, 5.74) is 1.18. The minimum absolute atomic E-state index is 0.0607. The van der Waals surface area contributed by atoms with Crippen LogP contribution in [0.25, 0.3) is 0 Å². The zero-order valence-corrected chi connectivity index (χ0v) is 26.7. The molecule has 1 fully saturated rings. The highest BCUT2D eigenvalue weighted by Crippen LogP contribution is 2.35. The van der Waals surface area contributed by atoms with Crippen LogP contribution >= 0.6 is 15.9 Å². The second kappa shape index (κ2) is 15.7. The number of nitrogens with one attached hydrogen (secondary N) is 2. The molecule has 1 amide bonds. The summed E-state index contributed by atoms with van der Waals surface area (Å²) in [5.74, 6) is -1.55. The van der Waals surface area contributed by atoms with E-state index in [2.05, 4.69) is 31.6 Å². The van der Waals surface area contributed by atoms with Crippen LogP contribution in [0.1, 0.15) is 71.5 Å². The first-order valence-electron chi connectivity index (χ1n) is 14.9. The Kier molecular flexibility index (Phi) is 11.9. The first-order valence-corrected chi connectivity index (χ1v) is 15.7. The molecule has 3 N–H and O–H groups in total. The number of alkyl halides is 6. The van der Waals surface area contributed by atoms with Gasteiger partial charge in [0.1, 0.15) is 6.54 Å². The molecule has 0 spiro atoms. The number of benzene rings is 3. The van der Waals surface area contributed by atoms with Crippen LogP contribution < -0.4 is 15.5 Å². The maximum absolute atomic E-state index is 13.6. The van der Waals surface area contributed by atoms with Crippen molar-refractivity contribution in [2.45, 2.75) is 63.3 Å². The monoisotopic (exact) mass is 726 g/mol. The number of hydrogen-bond acceptors (Lipinski definition) is 3. The van der Waals surface area contributed by atoms with Crippen molar-refractivity contribution < 1.29 is 41.0 Å². The number of guanidine groups is 1. The standard InChI is InChI=1S/C33H33BrF6N4O3/c34-26-16-25(33(38,39)40)17-27(18-26)43-31(42-20-32(35,36)37)44(28-12-10-23(11-13-28)22-4-2-1-3-5-22)19-21-6-8-24(9-7-21)30(47)41-15-14-29(45)46/h6-13,16-18,22H,1-5,14-15,19-20H2,(H,41,47)(H,42,43)(H,45,46). The summed E-state index contributed by atoms with van der Waals surface area (Å²) in [4.78, 5) is 28.4. The quantitative estimate of drug-likeness (QED) is 0.110. The molecule has 1 aliphatic carbocycles. The van der Waals surface area contributed by atoms with Crippen molar-refractivity contribution in [1.29, 1.82) is 0 Å². The van der Waals surface area contributed by atoms with Gasteiger partial charge in [-0.2, -0.15) is 26.3 Å². The molecule has 14 heteroatoms. The highest BCUT2D eigenvalue weighted by Gasteiger charge is 2.32. The van der Waals surface area contributed by atoms with Gasteiger partial charge in [0.15, 0.2) is 0 Å². The number of halogens is 7. The number of aliphatic carboxylic acids is 1. The molecule has 0 unspecified atom stereocenters. The highest BCUT2D eigenvalue weighted by molar-refractivity contribution is 9.10. The fourth-order valence-corrected chi connectivity index (χ4v) is 5.78. The van der Waals surface area contributed by atoms with Crippen molar-refractivity contribution in [3.05, 3.63) is 93.5 Å². The molecule has 0 bridgehead atoms. The lowest BCUT2D eigenvalue weighted by molar-refractivity contribution is -0.138. The van der Waals surface area contributed by atoms with E-state index in [1.165, 1.54) is 29.5 Å². The average molecular weight is 728 g/mol. The van der Waals surface area contributed by atoms with Crippen LogP contribution in [0, 0.1) is 0 Å². The van der Waals surface area contributed by atoms with Crippen molar-refractivity contribution in [3.63, 3.8) is 0 Å². The normalized spacial score (nSPS) is 14.5. The van der Waals surface area contributed by atoms with Crippen LogP contribution in [0.4, 0.5) is 37.7 Å². The van der Waals surface area contributed by atoms with Gasteiger partial charge in [-0.05, 0) is 72.4 Å². The number of anilines is 2. The second-order valence-electron chi connectivity index (χ2n) is 11.2. The van der Waals surface area contributed by atoms with E-state index in [0.29, 0.717) is 17.2 Å². The van der Waals surface area contributed by atoms with Crippen molar-refractivity contribution in [1.82, 2.24) is 5.32 Å². The number of nitrogens with zero attached hydrogens (tertiary/aromatic N) is 2. The van der Waals surface area contributed by atoms with Crippen LogP contribution in [0.15, 0.2) is 76.2 Å². The van der Waals surface area contributed by atoms with Gasteiger partial charge < -0.3 is 20.6 Å². The Bertz CT molecular complexity index is 1550. The summed E-state index contributed by atoms with van der Waals surface area (Å²) < 4.78 is 81.2. The van der Waals surface area contributed by atoms with Gasteiger partial charge >= 0.3 is 18.3 Å². The molecule has 0 atom stereocenters. The van der Waals surface area contributed by atoms with E-state index in [4.69, 9.17) is 5.11 Å². The summed E-state index contributed by atoms with van der Waals surface area (Å²) in [5, 5.41) is 14.0. The third-order valence-corrected chi connectivity index (χ3v) is 8.07. The molecule has 0 heterocycles. The Balaban J connectivity index is 1.70. The van der Waals surface area contributed by atoms with E-state index in [9.17, 15) is 35.9 Å². The van der Waals surface area contributed by atoms with Gasteiger partial charge in [0.2, 0.25) is 5.96 Å². The van der Waals surface area contributed by atoms with E-state index >= 15 is 0 Å². The summed E-state index contributed by atoms with van der Waals surface area (Å²) >= 11 is 3.05. The maximum Gasteiger partial charge on any atom is 0.416 e. The number of carboxylic acids is 1. The summed E-state index contributed by atoms with van der Waals surface area (Å²) in [6.07, 6.45) is -4.22. The minimum Gasteiger partial charge on any atom is -0.481 e. The van der Waals surface area contributed by atoms with Crippen molar-refractivity contribution >= 4 is 45.1 Å². The molecular formula is C33H33BrF6N4O3. The molecule has 0 aromatic heterocycles. The molecule has 7 nitrogen and oxygen atoms in total. The van der Waals surface area contributed by atoms with Crippen molar-refractivity contribution in [2.24, 2.45) is 4.99 Å². The van der Waals surface area contributed by atoms with Gasteiger partial charge in [-0.15, -0.1) is 0 Å². The van der Waals surface area contributed by atoms with E-state index in [0.717, 1.165) is 43.4 Å². The molecule has 0 aliphatic heterocycles. The lowest BCUT2D eigenvalue weighted by atomic mass is 9.84. The predicted octanol–water partition coefficient (Wildman–Crippen LogP) is 8.76. The molecule has 3 aromatic rings. The zero-order chi connectivity index (χ0) is 34.2. The van der Waals surface area contributed by atoms with E-state index in [1.54, 1.807) is 24.3 Å². The lowest BCUT2D eigenvalue weighted by Crippen LogP contribution is -2.37. The van der Waals surface area contributed by atoms with Gasteiger partial charge in [0, 0.05) is 28.0 Å². The first-order chi connectivity index (χ1) is 22.2. The zero-order valence-electron chi connectivity index (χ0n) is 25.1. The summed E-state index contributed by atoms with van der Waals surface area (Å²) in [7, 11) is 0. The molecule has 0 saturated heterocycles. The highest BCUT2D eigenvalue weighted by atomic mass is 79.9. The van der Waals surface area contributed by atoms with Crippen molar-refractivity contribution in [2.75, 3.05) is 23.3 Å². The third-order valence-electron chi connectivity index (χ3n) is 7.61. The van der Waals surface area contributed by atoms with Crippen LogP contribution in [0.5, 0.6) is 0 Å². The molecule has 1 aliphatic rings. The number of carboxylic acid groups (broad SMARTS) is 1. The fraction of sp³-hybridized carbons (Fsp3) is 0.364. The largest absolute Gasteiger partial charge is 0.481 e. The summed E-state index contributed by atoms with van der Waals surface area (Å²) in [6, 6.07) is 16.4. The van der Waals surface area contributed by atoms with Crippen molar-refractivity contribution in [3.8, 4) is 0 Å². The third kappa shape index (κ3) is 11.0. The fourth-order valence-electron chi connectivity index (χ4n) is 5.29. The Hall–Kier alpha value is -4.07. The smallest absolute Gasteiger partial charge is 0.416 e. The Morgan fingerprint density at radius 3 is 2.17 bits per heavy atom. The summed E-state index contributed by atoms with van der Waals surface area (Å²) in [6.45, 7) is -1.73. The molecule has 4 rings (SSSR count). The molecule has 252 valence electrons. The van der Waals surface area contributed by atoms with Crippen LogP contribution in [-0.4, -0.2) is 42.2 Å². The predicted molar refractivity (Wildman–Crippen MR) is 171 cm³/mol. The lowest BCUT2D eigenvalue weighted by Gasteiger charge is -2.29. The number of amides is 1. The van der Waals surface area contributed by atoms with Crippen LogP contribution in [-0.2, 0) is 17.5 Å². The van der Waals surface area contributed by atoms with Gasteiger partial charge in [-0.1, -0.05) is 59.5 Å². The van der Waals surface area contributed by atoms with Gasteiger partial charge in [-0.3, -0.25) is 9.59 Å². The topological polar surface area (TPSA) is 94.0 Å². The van der Waals surface area contributed by atoms with Crippen LogP contribution in [0.3, 0.4) is 0 Å². The van der Waals surface area contributed by atoms with Crippen LogP contribution in [0.2, 0.25) is 0 Å². The number of aliphatic imine (C=N–C) groups is 1. The van der Waals surface area contributed by atoms with E-state index in [1.807, 2.05) is 12.1 Å². The Morgan fingerprint density at radius 2 is 1.57 bits per heavy atom. The number of rotatable bonds is 10. The van der Waals surface area contributed by atoms with Gasteiger partial charge in [0.05, 0.1) is 18.5 Å². The molecule has 47 heavy (non-hydrogen) atoms. The number of carbonyl (C=O) groups excluding carboxylic acids is 1.